The third kappa shape index (κ3) is 5.26. The Morgan fingerprint density at radius 1 is 1.33 bits per heavy atom. The average molecular weight is 471 g/mol. The van der Waals surface area contributed by atoms with Crippen molar-refractivity contribution in [1.29, 1.82) is 0 Å². The first kappa shape index (κ1) is 22.6. The molecule has 3 atom stereocenters. The van der Waals surface area contributed by atoms with Crippen molar-refractivity contribution in [2.75, 3.05) is 5.32 Å². The van der Waals surface area contributed by atoms with Gasteiger partial charge in [-0.05, 0) is 32.8 Å². The molecule has 1 amide bonds. The highest BCUT2D eigenvalue weighted by Crippen LogP contribution is 2.38. The molecule has 33 heavy (non-hydrogen) atoms. The number of aromatic nitrogens is 5. The van der Waals surface area contributed by atoms with Crippen LogP contribution in [0.3, 0.4) is 0 Å². The van der Waals surface area contributed by atoms with Crippen molar-refractivity contribution in [3.05, 3.63) is 30.2 Å². The number of rotatable bonds is 6. The normalized spacial score (nSPS) is 20.9. The number of aromatic amines is 1. The number of hydrogen-bond acceptors (Lipinski definition) is 7. The second-order valence-corrected chi connectivity index (χ2v) is 7.83. The highest BCUT2D eigenvalue weighted by atomic mass is 19.4. The third-order valence-corrected chi connectivity index (χ3v) is 4.98. The Labute approximate surface area is 184 Å². The van der Waals surface area contributed by atoms with Gasteiger partial charge in [-0.2, -0.15) is 10.1 Å². The van der Waals surface area contributed by atoms with Gasteiger partial charge in [0.05, 0.1) is 6.20 Å². The van der Waals surface area contributed by atoms with Crippen LogP contribution in [0.15, 0.2) is 24.5 Å². The SMILES string of the molecule is CC(C)NC(=O)O[C@@H]1CC[C@H](c2cc(Nc3nccc4nc(OC(F)(F)F)cn34)n[nH]2)[C@H]1F. The van der Waals surface area contributed by atoms with E-state index in [-0.39, 0.29) is 23.5 Å². The fourth-order valence-electron chi connectivity index (χ4n) is 3.64. The van der Waals surface area contributed by atoms with E-state index in [1.54, 1.807) is 19.9 Å². The lowest BCUT2D eigenvalue weighted by Gasteiger charge is -2.18. The molecular formula is C19H21F4N7O3. The average Bonchev–Trinajstić information content (AvgIpc) is 3.40. The minimum absolute atomic E-state index is 0.126. The molecule has 1 aliphatic carbocycles. The van der Waals surface area contributed by atoms with Crippen molar-refractivity contribution in [3.63, 3.8) is 0 Å². The molecule has 0 aromatic carbocycles. The van der Waals surface area contributed by atoms with E-state index in [2.05, 4.69) is 35.5 Å². The maximum atomic E-state index is 14.9. The van der Waals surface area contributed by atoms with Crippen molar-refractivity contribution in [3.8, 4) is 5.88 Å². The van der Waals surface area contributed by atoms with E-state index in [9.17, 15) is 22.4 Å². The van der Waals surface area contributed by atoms with Gasteiger partial charge in [-0.1, -0.05) is 0 Å². The second kappa shape index (κ2) is 8.75. The Bertz CT molecular complexity index is 1130. The fraction of sp³-hybridized carbons (Fsp3) is 0.474. The molecule has 178 valence electrons. The molecule has 0 spiro atoms. The number of alkyl halides is 4. The summed E-state index contributed by atoms with van der Waals surface area (Å²) in [6, 6.07) is 2.85. The zero-order chi connectivity index (χ0) is 23.8. The largest absolute Gasteiger partial charge is 0.574 e. The molecule has 3 heterocycles. The number of H-pyrrole nitrogens is 1. The molecule has 1 aliphatic rings. The van der Waals surface area contributed by atoms with Gasteiger partial charge in [0, 0.05) is 29.9 Å². The third-order valence-electron chi connectivity index (χ3n) is 4.98. The number of nitrogens with zero attached hydrogens (tertiary/aromatic N) is 4. The fourth-order valence-corrected chi connectivity index (χ4v) is 3.64. The van der Waals surface area contributed by atoms with E-state index in [0.717, 1.165) is 6.20 Å². The van der Waals surface area contributed by atoms with Crippen LogP contribution in [0.4, 0.5) is 34.1 Å². The summed E-state index contributed by atoms with van der Waals surface area (Å²) in [5.41, 5.74) is 0.654. The van der Waals surface area contributed by atoms with Crippen LogP contribution in [0.5, 0.6) is 5.88 Å². The van der Waals surface area contributed by atoms with Crippen LogP contribution < -0.4 is 15.4 Å². The van der Waals surface area contributed by atoms with E-state index < -0.39 is 36.5 Å². The number of ether oxygens (including phenoxy) is 2. The molecule has 0 bridgehead atoms. The van der Waals surface area contributed by atoms with Gasteiger partial charge in [0.1, 0.15) is 17.9 Å². The van der Waals surface area contributed by atoms with Crippen LogP contribution in [0.25, 0.3) is 5.65 Å². The van der Waals surface area contributed by atoms with E-state index in [0.29, 0.717) is 18.5 Å². The smallest absolute Gasteiger partial charge is 0.443 e. The van der Waals surface area contributed by atoms with Gasteiger partial charge >= 0.3 is 12.5 Å². The molecule has 0 radical (unpaired) electrons. The Balaban J connectivity index is 1.45. The summed E-state index contributed by atoms with van der Waals surface area (Å²) in [4.78, 5) is 19.6. The summed E-state index contributed by atoms with van der Waals surface area (Å²) in [5.74, 6) is -0.801. The van der Waals surface area contributed by atoms with Crippen LogP contribution in [0.2, 0.25) is 0 Å². The van der Waals surface area contributed by atoms with Crippen LogP contribution >= 0.6 is 0 Å². The second-order valence-electron chi connectivity index (χ2n) is 7.83. The van der Waals surface area contributed by atoms with Gasteiger partial charge in [-0.25, -0.2) is 14.2 Å². The number of imidazole rings is 1. The van der Waals surface area contributed by atoms with Crippen LogP contribution in [0.1, 0.15) is 38.3 Å². The number of carbonyl (C=O) groups excluding carboxylic acids is 1. The number of fused-ring (bicyclic) bond motifs is 1. The molecule has 0 aliphatic heterocycles. The predicted octanol–water partition coefficient (Wildman–Crippen LogP) is 3.81. The summed E-state index contributed by atoms with van der Waals surface area (Å²) in [7, 11) is 0. The quantitative estimate of drug-likeness (QED) is 0.468. The molecule has 1 fully saturated rings. The zero-order valence-corrected chi connectivity index (χ0v) is 17.6. The van der Waals surface area contributed by atoms with Crippen molar-refractivity contribution in [2.24, 2.45) is 0 Å². The van der Waals surface area contributed by atoms with Crippen molar-refractivity contribution in [1.82, 2.24) is 29.9 Å². The zero-order valence-electron chi connectivity index (χ0n) is 17.6. The highest BCUT2D eigenvalue weighted by Gasteiger charge is 2.41. The Morgan fingerprint density at radius 3 is 2.85 bits per heavy atom. The topological polar surface area (TPSA) is 118 Å². The number of hydrogen-bond donors (Lipinski definition) is 3. The predicted molar refractivity (Wildman–Crippen MR) is 107 cm³/mol. The molecule has 3 aromatic rings. The van der Waals surface area contributed by atoms with Crippen molar-refractivity contribution in [2.45, 2.75) is 57.3 Å². The minimum atomic E-state index is -4.88. The number of alkyl carbamates (subject to hydrolysis) is 1. The molecule has 10 nitrogen and oxygen atoms in total. The number of amides is 1. The van der Waals surface area contributed by atoms with E-state index in [1.807, 2.05) is 0 Å². The Morgan fingerprint density at radius 2 is 2.12 bits per heavy atom. The van der Waals surface area contributed by atoms with Crippen LogP contribution in [0, 0.1) is 0 Å². The maximum Gasteiger partial charge on any atom is 0.574 e. The number of halogens is 4. The van der Waals surface area contributed by atoms with Crippen molar-refractivity contribution < 1.29 is 31.8 Å². The number of anilines is 2. The monoisotopic (exact) mass is 471 g/mol. The van der Waals surface area contributed by atoms with Gasteiger partial charge in [-0.15, -0.1) is 13.2 Å². The van der Waals surface area contributed by atoms with Gasteiger partial charge in [0.2, 0.25) is 11.8 Å². The molecule has 0 unspecified atom stereocenters. The first-order chi connectivity index (χ1) is 15.6. The lowest BCUT2D eigenvalue weighted by atomic mass is 10.0. The lowest BCUT2D eigenvalue weighted by molar-refractivity contribution is -0.276. The molecule has 1 saturated carbocycles. The first-order valence-corrected chi connectivity index (χ1v) is 10.1. The summed E-state index contributed by atoms with van der Waals surface area (Å²) in [5, 5.41) is 12.3. The van der Waals surface area contributed by atoms with E-state index >= 15 is 0 Å². The van der Waals surface area contributed by atoms with Gasteiger partial charge < -0.3 is 20.1 Å². The lowest BCUT2D eigenvalue weighted by Crippen LogP contribution is -2.36. The van der Waals surface area contributed by atoms with Crippen LogP contribution in [-0.4, -0.2) is 55.3 Å². The van der Waals surface area contributed by atoms with Gasteiger partial charge in [-0.3, -0.25) is 9.50 Å². The Hall–Kier alpha value is -3.58. The van der Waals surface area contributed by atoms with E-state index in [1.165, 1.54) is 16.7 Å². The standard InChI is InChI=1S/C19H21F4N7O3/c1-9(2)25-18(31)32-12-4-3-10(16(12)20)11-7-13(29-28-11)26-17-24-6-5-14-27-15(8-30(14)17)33-19(21,22)23/h5-10,12,16H,3-4H2,1-2H3,(H,25,31)(H2,24,26,28,29)/t10-,12-,16-/m1/s1. The Kier molecular flexibility index (Phi) is 5.99. The summed E-state index contributed by atoms with van der Waals surface area (Å²) in [6.07, 6.45) is -4.66. The minimum Gasteiger partial charge on any atom is -0.443 e. The van der Waals surface area contributed by atoms with Crippen molar-refractivity contribution >= 4 is 23.5 Å². The van der Waals surface area contributed by atoms with Gasteiger partial charge in [0.25, 0.3) is 0 Å². The van der Waals surface area contributed by atoms with Crippen LogP contribution in [-0.2, 0) is 4.74 Å². The van der Waals surface area contributed by atoms with E-state index in [4.69, 9.17) is 4.74 Å². The summed E-state index contributed by atoms with van der Waals surface area (Å²) >= 11 is 0. The molecule has 0 saturated heterocycles. The highest BCUT2D eigenvalue weighted by molar-refractivity contribution is 5.67. The molecular weight excluding hydrogens is 450 g/mol. The first-order valence-electron chi connectivity index (χ1n) is 10.1. The molecule has 4 rings (SSSR count). The van der Waals surface area contributed by atoms with Gasteiger partial charge in [0.15, 0.2) is 5.82 Å². The molecule has 14 heteroatoms. The maximum absolute atomic E-state index is 14.9. The summed E-state index contributed by atoms with van der Waals surface area (Å²) in [6.45, 7) is 3.54. The molecule has 3 N–H and O–H groups in total. The number of carbonyl (C=O) groups is 1. The number of nitrogens with one attached hydrogen (secondary N) is 3. The molecule has 3 aromatic heterocycles. The summed E-state index contributed by atoms with van der Waals surface area (Å²) < 4.78 is 62.6.